The molecule has 0 aliphatic carbocycles. The van der Waals surface area contributed by atoms with Crippen LogP contribution in [-0.2, 0) is 0 Å². The number of hydrogen-bond acceptors (Lipinski definition) is 0. The number of rotatable bonds is 3. The van der Waals surface area contributed by atoms with Crippen molar-refractivity contribution in [1.82, 2.24) is 0 Å². The topological polar surface area (TPSA) is 0 Å². The molecule has 16 heavy (non-hydrogen) atoms. The van der Waals surface area contributed by atoms with Gasteiger partial charge in [0.05, 0.1) is 0 Å². The fourth-order valence-corrected chi connectivity index (χ4v) is 2.73. The van der Waals surface area contributed by atoms with Crippen molar-refractivity contribution in [3.63, 3.8) is 0 Å². The van der Waals surface area contributed by atoms with Gasteiger partial charge in [-0.2, -0.15) is 0 Å². The van der Waals surface area contributed by atoms with E-state index < -0.39 is 0 Å². The average Bonchev–Trinajstić information content (AvgIpc) is 2.31. The Hall–Kier alpha value is -0.790. The first kappa shape index (κ1) is 11.7. The molecular weight excluding hydrogens is 284 g/mol. The van der Waals surface area contributed by atoms with E-state index in [1.165, 1.54) is 11.1 Å². The third kappa shape index (κ3) is 2.66. The van der Waals surface area contributed by atoms with E-state index in [-0.39, 0.29) is 0 Å². The molecule has 0 radical (unpaired) electrons. The highest BCUT2D eigenvalue weighted by Crippen LogP contribution is 2.27. The van der Waals surface area contributed by atoms with Crippen LogP contribution in [0.4, 0.5) is 0 Å². The summed E-state index contributed by atoms with van der Waals surface area (Å²) in [6.45, 7) is 0. The van der Waals surface area contributed by atoms with Gasteiger partial charge in [0.15, 0.2) is 0 Å². The number of halogens is 2. The molecule has 0 saturated heterocycles. The third-order valence-electron chi connectivity index (χ3n) is 2.61. The molecule has 0 aliphatic rings. The van der Waals surface area contributed by atoms with Gasteiger partial charge in [-0.1, -0.05) is 70.0 Å². The molecule has 0 aromatic heterocycles. The lowest BCUT2D eigenvalue weighted by atomic mass is 9.93. The van der Waals surface area contributed by atoms with E-state index in [1.807, 2.05) is 24.3 Å². The van der Waals surface area contributed by atoms with Crippen LogP contribution in [0.2, 0.25) is 5.02 Å². The molecular formula is C14H12BrCl. The third-order valence-corrected chi connectivity index (χ3v) is 3.49. The summed E-state index contributed by atoms with van der Waals surface area (Å²) < 4.78 is 0. The molecule has 0 spiro atoms. The lowest BCUT2D eigenvalue weighted by molar-refractivity contribution is 0.945. The first-order valence-electron chi connectivity index (χ1n) is 5.17. The van der Waals surface area contributed by atoms with Gasteiger partial charge in [0, 0.05) is 16.3 Å². The summed E-state index contributed by atoms with van der Waals surface area (Å²) in [7, 11) is 0. The monoisotopic (exact) mass is 294 g/mol. The number of alkyl halides is 1. The fraction of sp³-hybridized carbons (Fsp3) is 0.143. The minimum Gasteiger partial charge on any atom is -0.0918 e. The number of hydrogen-bond donors (Lipinski definition) is 0. The standard InChI is InChI=1S/C14H12BrCl/c15-10-14(11-5-2-1-3-6-11)12-7-4-8-13(16)9-12/h1-9,14H,10H2/t14-/m0/s1. The molecule has 2 aromatic carbocycles. The van der Waals surface area contributed by atoms with Gasteiger partial charge in [-0.3, -0.25) is 0 Å². The Bertz CT molecular complexity index is 453. The zero-order chi connectivity index (χ0) is 11.4. The van der Waals surface area contributed by atoms with Gasteiger partial charge in [-0.15, -0.1) is 0 Å². The minimum absolute atomic E-state index is 0.361. The maximum absolute atomic E-state index is 6.02. The van der Waals surface area contributed by atoms with E-state index in [0.717, 1.165) is 10.4 Å². The number of benzene rings is 2. The highest BCUT2D eigenvalue weighted by atomic mass is 79.9. The second-order valence-electron chi connectivity index (χ2n) is 3.67. The van der Waals surface area contributed by atoms with E-state index >= 15 is 0 Å². The van der Waals surface area contributed by atoms with Gasteiger partial charge in [-0.05, 0) is 23.3 Å². The zero-order valence-corrected chi connectivity index (χ0v) is 11.1. The van der Waals surface area contributed by atoms with Crippen molar-refractivity contribution in [2.45, 2.75) is 5.92 Å². The van der Waals surface area contributed by atoms with Crippen LogP contribution in [0.5, 0.6) is 0 Å². The molecule has 2 heteroatoms. The van der Waals surface area contributed by atoms with Crippen LogP contribution in [-0.4, -0.2) is 5.33 Å². The van der Waals surface area contributed by atoms with E-state index in [0.29, 0.717) is 5.92 Å². The molecule has 0 nitrogen and oxygen atoms in total. The van der Waals surface area contributed by atoms with Gasteiger partial charge >= 0.3 is 0 Å². The molecule has 0 unspecified atom stereocenters. The molecule has 2 rings (SSSR count). The molecule has 0 N–H and O–H groups in total. The average molecular weight is 296 g/mol. The molecule has 0 fully saturated rings. The normalized spacial score (nSPS) is 12.4. The van der Waals surface area contributed by atoms with E-state index in [9.17, 15) is 0 Å². The largest absolute Gasteiger partial charge is 0.0918 e. The summed E-state index contributed by atoms with van der Waals surface area (Å²) in [5.74, 6) is 0.361. The Labute approximate surface area is 109 Å². The summed E-state index contributed by atoms with van der Waals surface area (Å²) in [6, 6.07) is 18.5. The van der Waals surface area contributed by atoms with Crippen molar-refractivity contribution in [1.29, 1.82) is 0 Å². The van der Waals surface area contributed by atoms with Gasteiger partial charge in [0.1, 0.15) is 0 Å². The van der Waals surface area contributed by atoms with Crippen molar-refractivity contribution in [3.8, 4) is 0 Å². The van der Waals surface area contributed by atoms with Gasteiger partial charge in [-0.25, -0.2) is 0 Å². The SMILES string of the molecule is Clc1cccc([C@@H](CBr)c2ccccc2)c1. The Morgan fingerprint density at radius 3 is 2.25 bits per heavy atom. The fourth-order valence-electron chi connectivity index (χ4n) is 1.78. The summed E-state index contributed by atoms with van der Waals surface area (Å²) >= 11 is 9.59. The molecule has 2 aromatic rings. The van der Waals surface area contributed by atoms with E-state index in [4.69, 9.17) is 11.6 Å². The molecule has 0 saturated carbocycles. The lowest BCUT2D eigenvalue weighted by Crippen LogP contribution is -2.01. The maximum Gasteiger partial charge on any atom is 0.0408 e. The van der Waals surface area contributed by atoms with Crippen LogP contribution in [0.1, 0.15) is 17.0 Å². The minimum atomic E-state index is 0.361. The maximum atomic E-state index is 6.02. The second-order valence-corrected chi connectivity index (χ2v) is 4.76. The zero-order valence-electron chi connectivity index (χ0n) is 8.74. The van der Waals surface area contributed by atoms with Gasteiger partial charge in [0.25, 0.3) is 0 Å². The van der Waals surface area contributed by atoms with Crippen molar-refractivity contribution in [2.75, 3.05) is 5.33 Å². The lowest BCUT2D eigenvalue weighted by Gasteiger charge is -2.15. The molecule has 0 amide bonds. The second kappa shape index (κ2) is 5.51. The quantitative estimate of drug-likeness (QED) is 0.709. The summed E-state index contributed by atoms with van der Waals surface area (Å²) in [5, 5.41) is 1.69. The first-order chi connectivity index (χ1) is 7.81. The molecule has 0 bridgehead atoms. The van der Waals surface area contributed by atoms with Gasteiger partial charge < -0.3 is 0 Å². The highest BCUT2D eigenvalue weighted by Gasteiger charge is 2.12. The molecule has 0 aliphatic heterocycles. The highest BCUT2D eigenvalue weighted by molar-refractivity contribution is 9.09. The van der Waals surface area contributed by atoms with Crippen molar-refractivity contribution >= 4 is 27.5 Å². The predicted octanol–water partition coefficient (Wildman–Crippen LogP) is 4.87. The van der Waals surface area contributed by atoms with E-state index in [2.05, 4.69) is 46.3 Å². The molecule has 1 atom stereocenters. The van der Waals surface area contributed by atoms with Crippen LogP contribution in [0, 0.1) is 0 Å². The summed E-state index contributed by atoms with van der Waals surface area (Å²) in [6.07, 6.45) is 0. The van der Waals surface area contributed by atoms with Crippen LogP contribution >= 0.6 is 27.5 Å². The Kier molecular flexibility index (Phi) is 4.03. The summed E-state index contributed by atoms with van der Waals surface area (Å²) in [4.78, 5) is 0. The first-order valence-corrected chi connectivity index (χ1v) is 6.67. The molecule has 0 heterocycles. The smallest absolute Gasteiger partial charge is 0.0408 e. The van der Waals surface area contributed by atoms with Crippen molar-refractivity contribution in [2.24, 2.45) is 0 Å². The Balaban J connectivity index is 2.37. The molecule has 82 valence electrons. The van der Waals surface area contributed by atoms with Crippen molar-refractivity contribution in [3.05, 3.63) is 70.7 Å². The van der Waals surface area contributed by atoms with Crippen LogP contribution < -0.4 is 0 Å². The predicted molar refractivity (Wildman–Crippen MR) is 73.5 cm³/mol. The van der Waals surface area contributed by atoms with E-state index in [1.54, 1.807) is 0 Å². The van der Waals surface area contributed by atoms with Crippen LogP contribution in [0.15, 0.2) is 54.6 Å². The Morgan fingerprint density at radius 2 is 1.62 bits per heavy atom. The van der Waals surface area contributed by atoms with Crippen molar-refractivity contribution < 1.29 is 0 Å². The summed E-state index contributed by atoms with van der Waals surface area (Å²) in [5.41, 5.74) is 2.55. The van der Waals surface area contributed by atoms with Crippen LogP contribution in [0.3, 0.4) is 0 Å². The van der Waals surface area contributed by atoms with Crippen LogP contribution in [0.25, 0.3) is 0 Å². The Morgan fingerprint density at radius 1 is 0.938 bits per heavy atom. The van der Waals surface area contributed by atoms with Gasteiger partial charge in [0.2, 0.25) is 0 Å².